The number of nitrogens with one attached hydrogen (secondary N) is 1. The van der Waals surface area contributed by atoms with Crippen molar-refractivity contribution in [2.24, 2.45) is 0 Å². The molecule has 0 aliphatic carbocycles. The van der Waals surface area contributed by atoms with E-state index in [1.807, 2.05) is 0 Å². The van der Waals surface area contributed by atoms with Gasteiger partial charge in [-0.25, -0.2) is 4.98 Å². The van der Waals surface area contributed by atoms with E-state index in [9.17, 15) is 18.0 Å². The molecule has 0 radical (unpaired) electrons. The number of alkyl halides is 3. The van der Waals surface area contributed by atoms with Crippen LogP contribution in [0.15, 0.2) is 42.2 Å². The van der Waals surface area contributed by atoms with Gasteiger partial charge < -0.3 is 5.32 Å². The average molecular weight is 364 g/mol. The smallest absolute Gasteiger partial charge is 0.321 e. The number of nitrogens with zero attached hydrogens (tertiary/aromatic N) is 3. The van der Waals surface area contributed by atoms with E-state index in [4.69, 9.17) is 0 Å². The van der Waals surface area contributed by atoms with Crippen LogP contribution in [0.3, 0.4) is 0 Å². The van der Waals surface area contributed by atoms with E-state index in [-0.39, 0.29) is 16.9 Å². The summed E-state index contributed by atoms with van der Waals surface area (Å²) in [5.41, 5.74) is -0.0362. The van der Waals surface area contributed by atoms with Crippen molar-refractivity contribution in [3.63, 3.8) is 0 Å². The van der Waals surface area contributed by atoms with Crippen LogP contribution in [0.1, 0.15) is 21.6 Å². The molecule has 25 heavy (non-hydrogen) atoms. The molecule has 0 atom stereocenters. The van der Waals surface area contributed by atoms with E-state index in [1.165, 1.54) is 54.4 Å². The van der Waals surface area contributed by atoms with E-state index in [2.05, 4.69) is 20.3 Å². The Bertz CT molecular complexity index is 909. The van der Waals surface area contributed by atoms with E-state index in [0.29, 0.717) is 10.7 Å². The maximum atomic E-state index is 12.9. The van der Waals surface area contributed by atoms with Gasteiger partial charge in [-0.05, 0) is 24.6 Å². The van der Waals surface area contributed by atoms with E-state index >= 15 is 0 Å². The molecule has 3 rings (SSSR count). The molecule has 0 saturated heterocycles. The molecule has 0 bridgehead atoms. The average Bonchev–Trinajstić information content (AvgIpc) is 3.06. The highest BCUT2D eigenvalue weighted by atomic mass is 32.1. The zero-order chi connectivity index (χ0) is 18.0. The second-order valence-electron chi connectivity index (χ2n) is 5.11. The van der Waals surface area contributed by atoms with Crippen LogP contribution in [0, 0.1) is 6.92 Å². The Morgan fingerprint density at radius 2 is 2.04 bits per heavy atom. The van der Waals surface area contributed by atoms with Gasteiger partial charge in [0.2, 0.25) is 0 Å². The third-order valence-corrected chi connectivity index (χ3v) is 4.18. The molecular weight excluding hydrogens is 353 g/mol. The fraction of sp³-hybridized carbons (Fsp3) is 0.125. The number of thiazole rings is 1. The third-order valence-electron chi connectivity index (χ3n) is 3.32. The van der Waals surface area contributed by atoms with Gasteiger partial charge >= 0.3 is 6.18 Å². The van der Waals surface area contributed by atoms with Crippen LogP contribution in [0.25, 0.3) is 10.7 Å². The molecule has 0 aliphatic heterocycles. The second kappa shape index (κ2) is 6.60. The van der Waals surface area contributed by atoms with Gasteiger partial charge in [0.05, 0.1) is 11.8 Å². The van der Waals surface area contributed by atoms with Crippen molar-refractivity contribution in [1.29, 1.82) is 0 Å². The molecule has 1 amide bonds. The van der Waals surface area contributed by atoms with Crippen LogP contribution >= 0.6 is 11.3 Å². The zero-order valence-corrected chi connectivity index (χ0v) is 13.6. The number of carbonyl (C=O) groups excluding carboxylic acids is 1. The van der Waals surface area contributed by atoms with Crippen molar-refractivity contribution < 1.29 is 18.0 Å². The number of aryl methyl sites for hydroxylation is 1. The Morgan fingerprint density at radius 1 is 1.24 bits per heavy atom. The Balaban J connectivity index is 1.81. The summed E-state index contributed by atoms with van der Waals surface area (Å²) in [6.07, 6.45) is 0.0441. The number of hydrogen-bond donors (Lipinski definition) is 1. The summed E-state index contributed by atoms with van der Waals surface area (Å²) in [6.45, 7) is 1.36. The molecule has 0 aliphatic rings. The standard InChI is InChI=1S/C16H11F3N4OS/c1-9-2-3-10(6-11(9)16(17,18)19)22-14(24)13-8-25-15(23-13)12-7-20-4-5-21-12/h2-8H,1H3,(H,22,24). The van der Waals surface area contributed by atoms with Gasteiger partial charge in [-0.3, -0.25) is 14.8 Å². The van der Waals surface area contributed by atoms with Crippen molar-refractivity contribution in [1.82, 2.24) is 15.0 Å². The first-order valence-corrected chi connectivity index (χ1v) is 7.93. The number of amides is 1. The number of anilines is 1. The molecule has 2 aromatic heterocycles. The SMILES string of the molecule is Cc1ccc(NC(=O)c2csc(-c3cnccn3)n2)cc1C(F)(F)F. The van der Waals surface area contributed by atoms with Crippen LogP contribution in [0.5, 0.6) is 0 Å². The summed E-state index contributed by atoms with van der Waals surface area (Å²) in [7, 11) is 0. The first-order valence-electron chi connectivity index (χ1n) is 7.06. The quantitative estimate of drug-likeness (QED) is 0.757. The second-order valence-corrected chi connectivity index (χ2v) is 5.97. The Labute approximate surface area is 144 Å². The lowest BCUT2D eigenvalue weighted by atomic mass is 10.1. The fourth-order valence-electron chi connectivity index (χ4n) is 2.11. The maximum Gasteiger partial charge on any atom is 0.416 e. The largest absolute Gasteiger partial charge is 0.416 e. The summed E-state index contributed by atoms with van der Waals surface area (Å²) < 4.78 is 38.8. The van der Waals surface area contributed by atoms with Gasteiger partial charge in [-0.1, -0.05) is 6.07 Å². The third kappa shape index (κ3) is 3.82. The number of rotatable bonds is 3. The van der Waals surface area contributed by atoms with Crippen molar-refractivity contribution in [3.8, 4) is 10.7 Å². The Kier molecular flexibility index (Phi) is 4.49. The minimum atomic E-state index is -4.48. The summed E-state index contributed by atoms with van der Waals surface area (Å²) in [6, 6.07) is 3.63. The normalized spacial score (nSPS) is 11.4. The minimum Gasteiger partial charge on any atom is -0.321 e. The van der Waals surface area contributed by atoms with E-state index in [0.717, 1.165) is 6.07 Å². The van der Waals surface area contributed by atoms with E-state index < -0.39 is 17.6 Å². The zero-order valence-electron chi connectivity index (χ0n) is 12.8. The molecule has 9 heteroatoms. The molecule has 0 saturated carbocycles. The molecule has 1 aromatic carbocycles. The highest BCUT2D eigenvalue weighted by Crippen LogP contribution is 2.33. The molecule has 2 heterocycles. The first kappa shape index (κ1) is 17.0. The molecular formula is C16H11F3N4OS. The number of benzene rings is 1. The first-order chi connectivity index (χ1) is 11.8. The van der Waals surface area contributed by atoms with Gasteiger partial charge in [0.15, 0.2) is 0 Å². The van der Waals surface area contributed by atoms with Crippen molar-refractivity contribution in [2.75, 3.05) is 5.32 Å². The minimum absolute atomic E-state index is 0.0528. The number of hydrogen-bond acceptors (Lipinski definition) is 5. The molecule has 1 N–H and O–H groups in total. The van der Waals surface area contributed by atoms with Crippen molar-refractivity contribution in [2.45, 2.75) is 13.1 Å². The highest BCUT2D eigenvalue weighted by molar-refractivity contribution is 7.13. The summed E-state index contributed by atoms with van der Waals surface area (Å²) >= 11 is 1.20. The molecule has 5 nitrogen and oxygen atoms in total. The van der Waals surface area contributed by atoms with Gasteiger partial charge in [0, 0.05) is 23.5 Å². The van der Waals surface area contributed by atoms with Gasteiger partial charge in [-0.2, -0.15) is 13.2 Å². The number of carbonyl (C=O) groups is 1. The maximum absolute atomic E-state index is 12.9. The molecule has 0 fully saturated rings. The molecule has 128 valence electrons. The summed E-state index contributed by atoms with van der Waals surface area (Å²) in [4.78, 5) is 24.4. The number of aromatic nitrogens is 3. The monoisotopic (exact) mass is 364 g/mol. The van der Waals surface area contributed by atoms with Gasteiger partial charge in [0.25, 0.3) is 5.91 Å². The predicted octanol–water partition coefficient (Wildman–Crippen LogP) is 4.18. The van der Waals surface area contributed by atoms with Crippen LogP contribution in [-0.4, -0.2) is 20.9 Å². The van der Waals surface area contributed by atoms with Crippen molar-refractivity contribution in [3.05, 3.63) is 59.0 Å². The van der Waals surface area contributed by atoms with Crippen molar-refractivity contribution >= 4 is 22.9 Å². The van der Waals surface area contributed by atoms with Crippen LogP contribution in [0.2, 0.25) is 0 Å². The van der Waals surface area contributed by atoms with Crippen LogP contribution < -0.4 is 5.32 Å². The number of halogens is 3. The Hall–Kier alpha value is -2.81. The van der Waals surface area contributed by atoms with E-state index in [1.54, 1.807) is 0 Å². The molecule has 0 unspecified atom stereocenters. The predicted molar refractivity (Wildman–Crippen MR) is 87.3 cm³/mol. The topological polar surface area (TPSA) is 67.8 Å². The van der Waals surface area contributed by atoms with Gasteiger partial charge in [0.1, 0.15) is 16.4 Å². The van der Waals surface area contributed by atoms with Crippen LogP contribution in [-0.2, 0) is 6.18 Å². The summed E-state index contributed by atoms with van der Waals surface area (Å²) in [5.74, 6) is -0.594. The molecule has 0 spiro atoms. The Morgan fingerprint density at radius 3 is 2.72 bits per heavy atom. The lowest BCUT2D eigenvalue weighted by Gasteiger charge is -2.12. The van der Waals surface area contributed by atoms with Gasteiger partial charge in [-0.15, -0.1) is 11.3 Å². The van der Waals surface area contributed by atoms with Crippen LogP contribution in [0.4, 0.5) is 18.9 Å². The lowest BCUT2D eigenvalue weighted by molar-refractivity contribution is -0.138. The highest BCUT2D eigenvalue weighted by Gasteiger charge is 2.32. The molecule has 3 aromatic rings. The fourth-order valence-corrected chi connectivity index (χ4v) is 2.87. The lowest BCUT2D eigenvalue weighted by Crippen LogP contribution is -2.14. The summed E-state index contributed by atoms with van der Waals surface area (Å²) in [5, 5.41) is 4.44.